The first kappa shape index (κ1) is 19.2. The molecule has 0 saturated heterocycles. The molecule has 2 heterocycles. The number of fused-ring (bicyclic) bond motifs is 1. The third kappa shape index (κ3) is 4.32. The van der Waals surface area contributed by atoms with E-state index in [2.05, 4.69) is 75.7 Å². The molecule has 0 fully saturated rings. The molecule has 2 aromatic carbocycles. The molecular weight excluding hydrogens is 362 g/mol. The molecule has 0 atom stereocenters. The van der Waals surface area contributed by atoms with Gasteiger partial charge in [0.25, 0.3) is 0 Å². The number of aromatic nitrogens is 4. The van der Waals surface area contributed by atoms with E-state index < -0.39 is 0 Å². The van der Waals surface area contributed by atoms with Crippen LogP contribution in [0.15, 0.2) is 48.7 Å². The van der Waals surface area contributed by atoms with E-state index in [1.807, 2.05) is 12.3 Å². The van der Waals surface area contributed by atoms with Crippen LogP contribution in [0.25, 0.3) is 22.0 Å². The molecule has 2 aromatic heterocycles. The third-order valence-electron chi connectivity index (χ3n) is 5.12. The van der Waals surface area contributed by atoms with Gasteiger partial charge < -0.3 is 4.74 Å². The summed E-state index contributed by atoms with van der Waals surface area (Å²) in [5, 5.41) is 17.4. The minimum atomic E-state index is 0.800. The highest BCUT2D eigenvalue weighted by Gasteiger charge is 2.12. The van der Waals surface area contributed by atoms with Crippen molar-refractivity contribution in [3.63, 3.8) is 0 Å². The second kappa shape index (κ2) is 8.49. The van der Waals surface area contributed by atoms with E-state index in [9.17, 15) is 0 Å². The lowest BCUT2D eigenvalue weighted by Crippen LogP contribution is -2.17. The summed E-state index contributed by atoms with van der Waals surface area (Å²) in [5.41, 5.74) is 5.64. The molecule has 0 aliphatic carbocycles. The van der Waals surface area contributed by atoms with Crippen molar-refractivity contribution in [2.45, 2.75) is 32.9 Å². The summed E-state index contributed by atoms with van der Waals surface area (Å²) < 4.78 is 5.32. The predicted octanol–water partition coefficient (Wildman–Crippen LogP) is 4.55. The van der Waals surface area contributed by atoms with Gasteiger partial charge in [0.2, 0.25) is 0 Å². The van der Waals surface area contributed by atoms with Crippen molar-refractivity contribution in [3.05, 3.63) is 65.6 Å². The number of ether oxygens (including phenoxy) is 1. The molecule has 4 aromatic rings. The summed E-state index contributed by atoms with van der Waals surface area (Å²) in [6.45, 7) is 3.79. The quantitative estimate of drug-likeness (QED) is 0.464. The molecule has 0 amide bonds. The van der Waals surface area contributed by atoms with Gasteiger partial charge in [-0.3, -0.25) is 15.1 Å². The van der Waals surface area contributed by atoms with Crippen LogP contribution in [0.4, 0.5) is 0 Å². The van der Waals surface area contributed by atoms with E-state index in [-0.39, 0.29) is 0 Å². The number of benzene rings is 2. The Bertz CT molecular complexity index is 1100. The van der Waals surface area contributed by atoms with Crippen LogP contribution in [-0.4, -0.2) is 39.5 Å². The average Bonchev–Trinajstić information content (AvgIpc) is 3.37. The smallest absolute Gasteiger partial charge is 0.119 e. The van der Waals surface area contributed by atoms with E-state index in [0.29, 0.717) is 0 Å². The number of nitrogens with one attached hydrogen (secondary N) is 2. The zero-order chi connectivity index (χ0) is 20.2. The van der Waals surface area contributed by atoms with Gasteiger partial charge in [-0.25, -0.2) is 0 Å². The second-order valence-electron chi connectivity index (χ2n) is 7.50. The second-order valence-corrected chi connectivity index (χ2v) is 7.50. The topological polar surface area (TPSA) is 69.8 Å². The monoisotopic (exact) mass is 389 g/mol. The fourth-order valence-corrected chi connectivity index (χ4v) is 3.70. The summed E-state index contributed by atoms with van der Waals surface area (Å²) in [4.78, 5) is 2.27. The van der Waals surface area contributed by atoms with Crippen LogP contribution < -0.4 is 4.74 Å². The molecular formula is C23H27N5O. The molecule has 0 unspecified atom stereocenters. The van der Waals surface area contributed by atoms with Crippen molar-refractivity contribution in [3.8, 4) is 17.0 Å². The van der Waals surface area contributed by atoms with Gasteiger partial charge in [-0.05, 0) is 48.5 Å². The molecule has 150 valence electrons. The maximum absolute atomic E-state index is 5.32. The number of aromatic amines is 2. The SMILES string of the molecule is CCCc1cc(CN(C)Cc2cn[nH]c2-c2ccc3cc(OC)ccc3c2)[nH]n1. The van der Waals surface area contributed by atoms with Crippen LogP contribution in [0.3, 0.4) is 0 Å². The van der Waals surface area contributed by atoms with Gasteiger partial charge in [0, 0.05) is 29.9 Å². The Labute approximate surface area is 170 Å². The number of nitrogens with zero attached hydrogens (tertiary/aromatic N) is 3. The molecule has 0 aliphatic rings. The van der Waals surface area contributed by atoms with Crippen LogP contribution in [0.1, 0.15) is 30.3 Å². The maximum Gasteiger partial charge on any atom is 0.119 e. The first-order valence-corrected chi connectivity index (χ1v) is 9.98. The summed E-state index contributed by atoms with van der Waals surface area (Å²) in [6.07, 6.45) is 4.04. The van der Waals surface area contributed by atoms with Crippen LogP contribution in [0, 0.1) is 0 Å². The normalized spacial score (nSPS) is 11.4. The van der Waals surface area contributed by atoms with Crippen molar-refractivity contribution >= 4 is 10.8 Å². The zero-order valence-electron chi connectivity index (χ0n) is 17.2. The molecule has 6 heteroatoms. The van der Waals surface area contributed by atoms with Crippen LogP contribution in [0.2, 0.25) is 0 Å². The summed E-state index contributed by atoms with van der Waals surface area (Å²) in [6, 6.07) is 14.7. The number of rotatable bonds is 8. The Morgan fingerprint density at radius 2 is 1.83 bits per heavy atom. The number of hydrogen-bond donors (Lipinski definition) is 2. The Morgan fingerprint density at radius 1 is 1.00 bits per heavy atom. The number of aryl methyl sites for hydroxylation is 1. The fraction of sp³-hybridized carbons (Fsp3) is 0.304. The van der Waals surface area contributed by atoms with Crippen molar-refractivity contribution in [1.29, 1.82) is 0 Å². The van der Waals surface area contributed by atoms with Crippen molar-refractivity contribution in [2.75, 3.05) is 14.2 Å². The standard InChI is InChI=1S/C23H27N5O/c1-4-5-20-12-21(26-25-20)15-28(2)14-19-13-24-27-23(19)18-7-6-17-11-22(29-3)9-8-16(17)10-18/h6-13H,4-5,14-15H2,1-3H3,(H,24,27)(H,25,26). The molecule has 4 rings (SSSR count). The molecule has 0 aliphatic heterocycles. The van der Waals surface area contributed by atoms with E-state index in [1.54, 1.807) is 7.11 Å². The van der Waals surface area contributed by atoms with E-state index >= 15 is 0 Å². The summed E-state index contributed by atoms with van der Waals surface area (Å²) >= 11 is 0. The Morgan fingerprint density at radius 3 is 2.66 bits per heavy atom. The van der Waals surface area contributed by atoms with E-state index in [0.717, 1.165) is 59.7 Å². The van der Waals surface area contributed by atoms with Crippen molar-refractivity contribution in [1.82, 2.24) is 25.3 Å². The highest BCUT2D eigenvalue weighted by atomic mass is 16.5. The molecule has 2 N–H and O–H groups in total. The maximum atomic E-state index is 5.32. The first-order valence-electron chi connectivity index (χ1n) is 9.98. The third-order valence-corrected chi connectivity index (χ3v) is 5.12. The Hall–Kier alpha value is -3.12. The predicted molar refractivity (Wildman–Crippen MR) is 116 cm³/mol. The van der Waals surface area contributed by atoms with Gasteiger partial charge in [0.15, 0.2) is 0 Å². The van der Waals surface area contributed by atoms with Gasteiger partial charge in [-0.15, -0.1) is 0 Å². The van der Waals surface area contributed by atoms with Gasteiger partial charge in [0.05, 0.1) is 24.7 Å². The Kier molecular flexibility index (Phi) is 5.62. The van der Waals surface area contributed by atoms with Gasteiger partial charge in [-0.1, -0.05) is 31.5 Å². The molecule has 6 nitrogen and oxygen atoms in total. The number of H-pyrrole nitrogens is 2. The van der Waals surface area contributed by atoms with Crippen molar-refractivity contribution < 1.29 is 4.74 Å². The lowest BCUT2D eigenvalue weighted by molar-refractivity contribution is 0.315. The fourth-order valence-electron chi connectivity index (χ4n) is 3.70. The molecule has 0 bridgehead atoms. The van der Waals surface area contributed by atoms with Gasteiger partial charge in [0.1, 0.15) is 5.75 Å². The van der Waals surface area contributed by atoms with E-state index in [1.165, 1.54) is 10.9 Å². The van der Waals surface area contributed by atoms with Crippen LogP contribution in [-0.2, 0) is 19.5 Å². The molecule has 29 heavy (non-hydrogen) atoms. The van der Waals surface area contributed by atoms with Crippen LogP contribution in [0.5, 0.6) is 5.75 Å². The minimum Gasteiger partial charge on any atom is -0.497 e. The van der Waals surface area contributed by atoms with Gasteiger partial charge >= 0.3 is 0 Å². The largest absolute Gasteiger partial charge is 0.497 e. The summed E-state index contributed by atoms with van der Waals surface area (Å²) in [7, 11) is 3.81. The molecule has 0 spiro atoms. The van der Waals surface area contributed by atoms with Crippen molar-refractivity contribution in [2.24, 2.45) is 0 Å². The first-order chi connectivity index (χ1) is 14.2. The highest BCUT2D eigenvalue weighted by Crippen LogP contribution is 2.28. The van der Waals surface area contributed by atoms with E-state index in [4.69, 9.17) is 4.74 Å². The minimum absolute atomic E-state index is 0.800. The Balaban J connectivity index is 1.51. The lowest BCUT2D eigenvalue weighted by Gasteiger charge is -2.15. The zero-order valence-corrected chi connectivity index (χ0v) is 17.2. The number of hydrogen-bond acceptors (Lipinski definition) is 4. The average molecular weight is 390 g/mol. The number of methoxy groups -OCH3 is 1. The lowest BCUT2D eigenvalue weighted by atomic mass is 10.0. The molecule has 0 radical (unpaired) electrons. The van der Waals surface area contributed by atoms with Gasteiger partial charge in [-0.2, -0.15) is 10.2 Å². The molecule has 0 saturated carbocycles. The van der Waals surface area contributed by atoms with Crippen LogP contribution >= 0.6 is 0 Å². The summed E-state index contributed by atoms with van der Waals surface area (Å²) in [5.74, 6) is 0.870. The highest BCUT2D eigenvalue weighted by molar-refractivity contribution is 5.88.